The third kappa shape index (κ3) is 6.11. The maximum absolute atomic E-state index is 12.4. The van der Waals surface area contributed by atoms with Crippen molar-refractivity contribution in [3.05, 3.63) is 16.0 Å². The molecule has 0 bridgehead atoms. The third-order valence-electron chi connectivity index (χ3n) is 4.91. The van der Waals surface area contributed by atoms with Crippen molar-refractivity contribution < 1.29 is 14.3 Å². The fourth-order valence-corrected chi connectivity index (χ4v) is 4.80. The lowest BCUT2D eigenvalue weighted by molar-refractivity contribution is -0.116. The van der Waals surface area contributed by atoms with Crippen molar-refractivity contribution in [2.24, 2.45) is 0 Å². The van der Waals surface area contributed by atoms with E-state index in [9.17, 15) is 9.59 Å². The van der Waals surface area contributed by atoms with Gasteiger partial charge in [-0.2, -0.15) is 0 Å². The number of ether oxygens (including phenoxy) is 1. The molecule has 1 aromatic heterocycles. The molecule has 0 saturated carbocycles. The number of nitrogens with one attached hydrogen (secondary N) is 1. The van der Waals surface area contributed by atoms with E-state index in [0.29, 0.717) is 23.6 Å². The van der Waals surface area contributed by atoms with Crippen LogP contribution in [0.25, 0.3) is 0 Å². The van der Waals surface area contributed by atoms with E-state index in [-0.39, 0.29) is 11.9 Å². The molecule has 1 heterocycles. The molecule has 0 unspecified atom stereocenters. The number of esters is 1. The number of fused-ring (bicyclic) bond motifs is 1. The van der Waals surface area contributed by atoms with Crippen molar-refractivity contribution in [2.45, 2.75) is 90.9 Å². The molecule has 1 aromatic rings. The molecule has 146 valence electrons. The molecule has 0 radical (unpaired) electrons. The second-order valence-electron chi connectivity index (χ2n) is 7.05. The van der Waals surface area contributed by atoms with Crippen LogP contribution in [0.5, 0.6) is 0 Å². The maximum atomic E-state index is 12.4. The van der Waals surface area contributed by atoms with Gasteiger partial charge in [0.15, 0.2) is 0 Å². The first-order valence-electron chi connectivity index (χ1n) is 10.3. The Morgan fingerprint density at radius 3 is 2.42 bits per heavy atom. The highest BCUT2D eigenvalue weighted by Gasteiger charge is 2.27. The standard InChI is InChI=1S/C21H33NO3S/c1-3-5-6-7-8-9-10-15-18(23)22-20-19(21(24)25-4-2)16-13-11-12-14-17(16)26-20/h3-15H2,1-2H3,(H,22,23). The highest BCUT2D eigenvalue weighted by atomic mass is 32.1. The minimum absolute atomic E-state index is 0.0164. The SMILES string of the molecule is CCCCCCCCCC(=O)Nc1sc2c(c1C(=O)OCC)CCCC2. The van der Waals surface area contributed by atoms with E-state index >= 15 is 0 Å². The quantitative estimate of drug-likeness (QED) is 0.386. The van der Waals surface area contributed by atoms with E-state index in [0.717, 1.165) is 44.1 Å². The van der Waals surface area contributed by atoms with Gasteiger partial charge in [0.2, 0.25) is 5.91 Å². The van der Waals surface area contributed by atoms with E-state index in [4.69, 9.17) is 4.74 Å². The molecule has 0 atom stereocenters. The van der Waals surface area contributed by atoms with E-state index in [1.54, 1.807) is 11.3 Å². The number of carbonyl (C=O) groups excluding carboxylic acids is 2. The number of aryl methyl sites for hydroxylation is 1. The zero-order valence-electron chi connectivity index (χ0n) is 16.3. The summed E-state index contributed by atoms with van der Waals surface area (Å²) < 4.78 is 5.24. The number of carbonyl (C=O) groups is 2. The minimum Gasteiger partial charge on any atom is -0.462 e. The Morgan fingerprint density at radius 1 is 1.00 bits per heavy atom. The van der Waals surface area contributed by atoms with Crippen LogP contribution in [-0.2, 0) is 22.4 Å². The van der Waals surface area contributed by atoms with Gasteiger partial charge in [-0.25, -0.2) is 4.79 Å². The van der Waals surface area contributed by atoms with Crippen LogP contribution in [0, 0.1) is 0 Å². The molecule has 0 spiro atoms. The average Bonchev–Trinajstić information content (AvgIpc) is 2.99. The largest absolute Gasteiger partial charge is 0.462 e. The Labute approximate surface area is 161 Å². The molecule has 0 aromatic carbocycles. The van der Waals surface area contributed by atoms with Gasteiger partial charge < -0.3 is 10.1 Å². The molecule has 4 nitrogen and oxygen atoms in total. The van der Waals surface area contributed by atoms with Crippen molar-refractivity contribution in [3.63, 3.8) is 0 Å². The number of hydrogen-bond donors (Lipinski definition) is 1. The molecule has 0 fully saturated rings. The van der Waals surface area contributed by atoms with E-state index < -0.39 is 0 Å². The maximum Gasteiger partial charge on any atom is 0.341 e. The minimum atomic E-state index is -0.293. The number of anilines is 1. The van der Waals surface area contributed by atoms with E-state index in [1.807, 2.05) is 6.92 Å². The topological polar surface area (TPSA) is 55.4 Å². The van der Waals surface area contributed by atoms with Gasteiger partial charge in [-0.1, -0.05) is 45.4 Å². The number of rotatable bonds is 11. The molecule has 1 N–H and O–H groups in total. The summed E-state index contributed by atoms with van der Waals surface area (Å²) in [5, 5.41) is 3.69. The molecule has 0 aliphatic heterocycles. The Morgan fingerprint density at radius 2 is 1.69 bits per heavy atom. The zero-order valence-corrected chi connectivity index (χ0v) is 17.1. The lowest BCUT2D eigenvalue weighted by Crippen LogP contribution is -2.15. The van der Waals surface area contributed by atoms with E-state index in [2.05, 4.69) is 12.2 Å². The van der Waals surface area contributed by atoms with Crippen molar-refractivity contribution in [1.29, 1.82) is 0 Å². The number of amides is 1. The lowest BCUT2D eigenvalue weighted by atomic mass is 9.95. The predicted octanol–water partition coefficient (Wildman–Crippen LogP) is 5.88. The second-order valence-corrected chi connectivity index (χ2v) is 8.16. The summed E-state index contributed by atoms with van der Waals surface area (Å²) >= 11 is 1.56. The Balaban J connectivity index is 1.88. The summed E-state index contributed by atoms with van der Waals surface area (Å²) in [4.78, 5) is 26.0. The van der Waals surface area contributed by atoms with Crippen LogP contribution in [-0.4, -0.2) is 18.5 Å². The smallest absolute Gasteiger partial charge is 0.341 e. The summed E-state index contributed by atoms with van der Waals surface area (Å²) in [7, 11) is 0. The molecular weight excluding hydrogens is 346 g/mol. The molecule has 26 heavy (non-hydrogen) atoms. The van der Waals surface area contributed by atoms with Crippen molar-refractivity contribution in [3.8, 4) is 0 Å². The van der Waals surface area contributed by atoms with Gasteiger partial charge >= 0.3 is 5.97 Å². The predicted molar refractivity (Wildman–Crippen MR) is 108 cm³/mol. The van der Waals surface area contributed by atoms with Gasteiger partial charge in [0.05, 0.1) is 12.2 Å². The Bertz CT molecular complexity index is 594. The Hall–Kier alpha value is -1.36. The van der Waals surface area contributed by atoms with Crippen LogP contribution in [0.4, 0.5) is 5.00 Å². The number of hydrogen-bond acceptors (Lipinski definition) is 4. The summed E-state index contributed by atoms with van der Waals surface area (Å²) in [6.45, 7) is 4.39. The van der Waals surface area contributed by atoms with Crippen LogP contribution in [0.1, 0.15) is 98.9 Å². The normalized spacial score (nSPS) is 13.3. The fraction of sp³-hybridized carbons (Fsp3) is 0.714. The van der Waals surface area contributed by atoms with Gasteiger partial charge in [0, 0.05) is 11.3 Å². The monoisotopic (exact) mass is 379 g/mol. The van der Waals surface area contributed by atoms with Crippen LogP contribution in [0.2, 0.25) is 0 Å². The zero-order chi connectivity index (χ0) is 18.8. The molecule has 2 rings (SSSR count). The number of unbranched alkanes of at least 4 members (excludes halogenated alkanes) is 6. The first kappa shape index (κ1) is 20.9. The molecular formula is C21H33NO3S. The molecule has 5 heteroatoms. The first-order chi connectivity index (χ1) is 12.7. The van der Waals surface area contributed by atoms with Gasteiger partial charge in [-0.15, -0.1) is 11.3 Å². The van der Waals surface area contributed by atoms with Crippen molar-refractivity contribution in [1.82, 2.24) is 0 Å². The second kappa shape index (κ2) is 11.4. The highest BCUT2D eigenvalue weighted by Crippen LogP contribution is 2.38. The van der Waals surface area contributed by atoms with Gasteiger partial charge in [0.25, 0.3) is 0 Å². The average molecular weight is 380 g/mol. The van der Waals surface area contributed by atoms with Crippen LogP contribution in [0.3, 0.4) is 0 Å². The van der Waals surface area contributed by atoms with Gasteiger partial charge in [0.1, 0.15) is 5.00 Å². The van der Waals surface area contributed by atoms with Crippen molar-refractivity contribution in [2.75, 3.05) is 11.9 Å². The summed E-state index contributed by atoms with van der Waals surface area (Å²) in [6.07, 6.45) is 13.0. The van der Waals surface area contributed by atoms with Crippen molar-refractivity contribution >= 4 is 28.2 Å². The van der Waals surface area contributed by atoms with Gasteiger partial charge in [-0.3, -0.25) is 4.79 Å². The summed E-state index contributed by atoms with van der Waals surface area (Å²) in [5.41, 5.74) is 1.71. The summed E-state index contributed by atoms with van der Waals surface area (Å²) in [5.74, 6) is -0.277. The summed E-state index contributed by atoms with van der Waals surface area (Å²) in [6, 6.07) is 0. The van der Waals surface area contributed by atoms with Gasteiger partial charge in [-0.05, 0) is 44.6 Å². The van der Waals surface area contributed by atoms with Crippen LogP contribution >= 0.6 is 11.3 Å². The lowest BCUT2D eigenvalue weighted by Gasteiger charge is -2.12. The van der Waals surface area contributed by atoms with Crippen LogP contribution < -0.4 is 5.32 Å². The van der Waals surface area contributed by atoms with E-state index in [1.165, 1.54) is 37.0 Å². The molecule has 1 aliphatic rings. The fourth-order valence-electron chi connectivity index (χ4n) is 3.50. The third-order valence-corrected chi connectivity index (χ3v) is 6.12. The first-order valence-corrected chi connectivity index (χ1v) is 11.1. The molecule has 1 aliphatic carbocycles. The molecule has 1 amide bonds. The molecule has 0 saturated heterocycles. The highest BCUT2D eigenvalue weighted by molar-refractivity contribution is 7.17. The Kier molecular flexibility index (Phi) is 9.16. The number of thiophene rings is 1. The van der Waals surface area contributed by atoms with Crippen LogP contribution in [0.15, 0.2) is 0 Å².